The number of nitrogens with one attached hydrogen (secondary N) is 1. The fourth-order valence-electron chi connectivity index (χ4n) is 1.53. The minimum absolute atomic E-state index is 0.0113. The molecule has 1 rings (SSSR count). The summed E-state index contributed by atoms with van der Waals surface area (Å²) in [6.07, 6.45) is 3.52. The molecule has 0 aromatic carbocycles. The summed E-state index contributed by atoms with van der Waals surface area (Å²) in [4.78, 5) is 4.29. The normalized spacial score (nSPS) is 13.6. The summed E-state index contributed by atoms with van der Waals surface area (Å²) in [6, 6.07) is 3.80. The van der Waals surface area contributed by atoms with E-state index < -0.39 is 9.84 Å². The van der Waals surface area contributed by atoms with Gasteiger partial charge in [-0.1, -0.05) is 6.92 Å². The van der Waals surface area contributed by atoms with Crippen LogP contribution in [-0.2, 0) is 9.84 Å². The SMILES string of the molecule is CCNC(CCS(C)(=O)=O)c1ccc(Br)cn1. The first-order valence-corrected chi connectivity index (χ1v) is 8.30. The highest BCUT2D eigenvalue weighted by Gasteiger charge is 2.14. The minimum atomic E-state index is -2.93. The Morgan fingerprint density at radius 2 is 2.18 bits per heavy atom. The van der Waals surface area contributed by atoms with E-state index in [4.69, 9.17) is 0 Å². The molecule has 1 aromatic heterocycles. The molecule has 1 unspecified atom stereocenters. The molecular weight excluding hydrogens is 304 g/mol. The lowest BCUT2D eigenvalue weighted by Gasteiger charge is -2.16. The van der Waals surface area contributed by atoms with Crippen molar-refractivity contribution in [2.24, 2.45) is 0 Å². The number of hydrogen-bond donors (Lipinski definition) is 1. The molecule has 4 nitrogen and oxygen atoms in total. The van der Waals surface area contributed by atoms with Crippen LogP contribution in [0, 0.1) is 0 Å². The summed E-state index contributed by atoms with van der Waals surface area (Å²) in [6.45, 7) is 2.78. The van der Waals surface area contributed by atoms with Crippen molar-refractivity contribution in [3.05, 3.63) is 28.5 Å². The highest BCUT2D eigenvalue weighted by Crippen LogP contribution is 2.17. The first-order valence-electron chi connectivity index (χ1n) is 5.45. The highest BCUT2D eigenvalue weighted by molar-refractivity contribution is 9.10. The van der Waals surface area contributed by atoms with Gasteiger partial charge in [0.25, 0.3) is 0 Å². The Hall–Kier alpha value is -0.460. The molecule has 17 heavy (non-hydrogen) atoms. The van der Waals surface area contributed by atoms with Gasteiger partial charge in [-0.05, 0) is 41.0 Å². The zero-order valence-electron chi connectivity index (χ0n) is 9.98. The van der Waals surface area contributed by atoms with Crippen LogP contribution in [0.2, 0.25) is 0 Å². The predicted octanol–water partition coefficient (Wildman–Crippen LogP) is 1.93. The maximum absolute atomic E-state index is 11.2. The summed E-state index contributed by atoms with van der Waals surface area (Å²) >= 11 is 3.33. The largest absolute Gasteiger partial charge is 0.309 e. The summed E-state index contributed by atoms with van der Waals surface area (Å²) < 4.78 is 23.3. The molecule has 6 heteroatoms. The summed E-state index contributed by atoms with van der Waals surface area (Å²) in [5.41, 5.74) is 0.874. The van der Waals surface area contributed by atoms with Crippen LogP contribution in [0.4, 0.5) is 0 Å². The molecule has 0 aliphatic carbocycles. The van der Waals surface area contributed by atoms with Gasteiger partial charge in [0.2, 0.25) is 0 Å². The van der Waals surface area contributed by atoms with Crippen molar-refractivity contribution in [1.29, 1.82) is 0 Å². The Morgan fingerprint density at radius 1 is 1.47 bits per heavy atom. The molecule has 0 bridgehead atoms. The number of rotatable bonds is 6. The van der Waals surface area contributed by atoms with Crippen molar-refractivity contribution in [2.45, 2.75) is 19.4 Å². The number of halogens is 1. The van der Waals surface area contributed by atoms with Crippen LogP contribution in [0.15, 0.2) is 22.8 Å². The molecule has 0 fully saturated rings. The third-order valence-electron chi connectivity index (χ3n) is 2.34. The van der Waals surface area contributed by atoms with Crippen LogP contribution in [0.25, 0.3) is 0 Å². The van der Waals surface area contributed by atoms with E-state index in [-0.39, 0.29) is 11.8 Å². The van der Waals surface area contributed by atoms with E-state index >= 15 is 0 Å². The summed E-state index contributed by atoms with van der Waals surface area (Å²) in [5, 5.41) is 3.25. The van der Waals surface area contributed by atoms with Gasteiger partial charge in [0.1, 0.15) is 9.84 Å². The number of sulfone groups is 1. The number of hydrogen-bond acceptors (Lipinski definition) is 4. The van der Waals surface area contributed by atoms with Gasteiger partial charge in [-0.15, -0.1) is 0 Å². The fraction of sp³-hybridized carbons (Fsp3) is 0.545. The van der Waals surface area contributed by atoms with E-state index in [9.17, 15) is 8.42 Å². The van der Waals surface area contributed by atoms with Crippen molar-refractivity contribution in [3.8, 4) is 0 Å². The summed E-state index contributed by atoms with van der Waals surface area (Å²) in [7, 11) is -2.93. The number of pyridine rings is 1. The maximum atomic E-state index is 11.2. The van der Waals surface area contributed by atoms with Crippen molar-refractivity contribution >= 4 is 25.8 Å². The first kappa shape index (κ1) is 14.6. The third kappa shape index (κ3) is 5.61. The van der Waals surface area contributed by atoms with E-state index in [2.05, 4.69) is 26.2 Å². The van der Waals surface area contributed by atoms with Gasteiger partial charge >= 0.3 is 0 Å². The average molecular weight is 321 g/mol. The molecule has 0 saturated carbocycles. The van der Waals surface area contributed by atoms with Crippen LogP contribution in [0.1, 0.15) is 25.1 Å². The van der Waals surface area contributed by atoms with Crippen LogP contribution >= 0.6 is 15.9 Å². The fourth-order valence-corrected chi connectivity index (χ4v) is 2.42. The Kier molecular flexibility index (Phi) is 5.55. The molecule has 1 N–H and O–H groups in total. The molecule has 0 saturated heterocycles. The van der Waals surface area contributed by atoms with Crippen molar-refractivity contribution in [2.75, 3.05) is 18.6 Å². The highest BCUT2D eigenvalue weighted by atomic mass is 79.9. The monoisotopic (exact) mass is 320 g/mol. The molecular formula is C11H17BrN2O2S. The Morgan fingerprint density at radius 3 is 2.65 bits per heavy atom. The maximum Gasteiger partial charge on any atom is 0.147 e. The van der Waals surface area contributed by atoms with Gasteiger partial charge in [-0.2, -0.15) is 0 Å². The van der Waals surface area contributed by atoms with Crippen LogP contribution in [0.5, 0.6) is 0 Å². The lowest BCUT2D eigenvalue weighted by atomic mass is 10.1. The second-order valence-electron chi connectivity index (χ2n) is 3.93. The zero-order chi connectivity index (χ0) is 12.9. The molecule has 1 aromatic rings. The number of nitrogens with zero attached hydrogens (tertiary/aromatic N) is 1. The predicted molar refractivity (Wildman–Crippen MR) is 72.7 cm³/mol. The average Bonchev–Trinajstić information content (AvgIpc) is 2.24. The van der Waals surface area contributed by atoms with E-state index in [1.807, 2.05) is 19.1 Å². The molecule has 96 valence electrons. The van der Waals surface area contributed by atoms with Gasteiger partial charge < -0.3 is 5.32 Å². The molecule has 0 spiro atoms. The Balaban J connectivity index is 2.75. The van der Waals surface area contributed by atoms with Gasteiger partial charge in [0.05, 0.1) is 17.5 Å². The molecule has 0 radical (unpaired) electrons. The molecule has 1 atom stereocenters. The lowest BCUT2D eigenvalue weighted by Crippen LogP contribution is -2.24. The molecule has 0 amide bonds. The van der Waals surface area contributed by atoms with E-state index in [0.29, 0.717) is 6.42 Å². The van der Waals surface area contributed by atoms with Crippen molar-refractivity contribution in [3.63, 3.8) is 0 Å². The number of aromatic nitrogens is 1. The first-order chi connectivity index (χ1) is 7.92. The molecule has 0 aliphatic heterocycles. The second kappa shape index (κ2) is 6.47. The smallest absolute Gasteiger partial charge is 0.147 e. The van der Waals surface area contributed by atoms with Crippen LogP contribution in [-0.4, -0.2) is 32.0 Å². The van der Waals surface area contributed by atoms with Crippen LogP contribution in [0.3, 0.4) is 0 Å². The van der Waals surface area contributed by atoms with Gasteiger partial charge in [0.15, 0.2) is 0 Å². The minimum Gasteiger partial charge on any atom is -0.309 e. The summed E-state index contributed by atoms with van der Waals surface area (Å²) in [5.74, 6) is 0.169. The van der Waals surface area contributed by atoms with E-state index in [1.54, 1.807) is 6.20 Å². The van der Waals surface area contributed by atoms with Crippen molar-refractivity contribution in [1.82, 2.24) is 10.3 Å². The Bertz CT molecular complexity index is 445. The Labute approximate surface area is 111 Å². The van der Waals surface area contributed by atoms with Crippen molar-refractivity contribution < 1.29 is 8.42 Å². The van der Waals surface area contributed by atoms with Gasteiger partial charge in [-0.3, -0.25) is 4.98 Å². The van der Waals surface area contributed by atoms with Gasteiger partial charge in [-0.25, -0.2) is 8.42 Å². The quantitative estimate of drug-likeness (QED) is 0.870. The molecule has 0 aliphatic rings. The van der Waals surface area contributed by atoms with E-state index in [1.165, 1.54) is 6.26 Å². The van der Waals surface area contributed by atoms with Gasteiger partial charge in [0, 0.05) is 16.9 Å². The molecule has 1 heterocycles. The van der Waals surface area contributed by atoms with E-state index in [0.717, 1.165) is 16.7 Å². The standard InChI is InChI=1S/C11H17BrN2O2S/c1-3-13-11(6-7-17(2,15)16)10-5-4-9(12)8-14-10/h4-5,8,11,13H,3,6-7H2,1-2H3. The topological polar surface area (TPSA) is 59.1 Å². The van der Waals surface area contributed by atoms with Crippen LogP contribution < -0.4 is 5.32 Å². The second-order valence-corrected chi connectivity index (χ2v) is 7.11. The lowest BCUT2D eigenvalue weighted by molar-refractivity contribution is 0.519. The third-order valence-corrected chi connectivity index (χ3v) is 3.78. The zero-order valence-corrected chi connectivity index (χ0v) is 12.4.